The average molecular weight is 532 g/mol. The smallest absolute Gasteiger partial charge is 0.345 e. The zero-order valence-electron chi connectivity index (χ0n) is 18.8. The topological polar surface area (TPSA) is 129 Å². The number of para-hydroxylation sites is 2. The summed E-state index contributed by atoms with van der Waals surface area (Å²) in [5.74, 6) is -0.921. The molecule has 0 bridgehead atoms. The van der Waals surface area contributed by atoms with E-state index in [1.165, 1.54) is 48.7 Å². The van der Waals surface area contributed by atoms with Gasteiger partial charge in [0.15, 0.2) is 23.9 Å². The maximum atomic E-state index is 12.5. The van der Waals surface area contributed by atoms with Gasteiger partial charge in [0.05, 0.1) is 28.3 Å². The Morgan fingerprint density at radius 2 is 1.81 bits per heavy atom. The first kappa shape index (κ1) is 26.5. The number of carbonyl (C=O) groups excluding carboxylic acids is 2. The van der Waals surface area contributed by atoms with E-state index in [-0.39, 0.29) is 33.5 Å². The van der Waals surface area contributed by atoms with Gasteiger partial charge in [-0.25, -0.2) is 10.2 Å². The van der Waals surface area contributed by atoms with E-state index >= 15 is 0 Å². The molecule has 1 N–H and O–H groups in total. The molecule has 1 amide bonds. The van der Waals surface area contributed by atoms with Crippen LogP contribution in [0, 0.1) is 10.1 Å². The van der Waals surface area contributed by atoms with Crippen LogP contribution in [0.15, 0.2) is 65.8 Å². The van der Waals surface area contributed by atoms with Gasteiger partial charge in [-0.2, -0.15) is 5.10 Å². The Morgan fingerprint density at radius 1 is 1.03 bits per heavy atom. The van der Waals surface area contributed by atoms with Crippen LogP contribution in [0.2, 0.25) is 10.0 Å². The number of hydrazone groups is 1. The van der Waals surface area contributed by atoms with E-state index in [1.54, 1.807) is 25.1 Å². The van der Waals surface area contributed by atoms with Gasteiger partial charge in [-0.15, -0.1) is 0 Å². The minimum Gasteiger partial charge on any atom is -0.490 e. The molecule has 0 radical (unpaired) electrons. The third-order valence-corrected chi connectivity index (χ3v) is 4.99. The highest BCUT2D eigenvalue weighted by molar-refractivity contribution is 6.36. The van der Waals surface area contributed by atoms with Crippen molar-refractivity contribution in [1.82, 2.24) is 5.43 Å². The molecule has 0 aliphatic carbocycles. The number of nitro benzene ring substituents is 1. The first-order valence-electron chi connectivity index (χ1n) is 10.4. The van der Waals surface area contributed by atoms with Crippen molar-refractivity contribution in [1.29, 1.82) is 0 Å². The molecule has 10 nitrogen and oxygen atoms in total. The number of rotatable bonds is 10. The number of nitro groups is 1. The van der Waals surface area contributed by atoms with E-state index < -0.39 is 23.4 Å². The van der Waals surface area contributed by atoms with Crippen molar-refractivity contribution in [2.45, 2.75) is 6.92 Å². The molecule has 0 aromatic heterocycles. The van der Waals surface area contributed by atoms with E-state index in [2.05, 4.69) is 10.5 Å². The summed E-state index contributed by atoms with van der Waals surface area (Å²) in [5.41, 5.74) is 2.68. The number of halogens is 2. The van der Waals surface area contributed by atoms with Crippen LogP contribution >= 0.6 is 23.2 Å². The van der Waals surface area contributed by atoms with E-state index in [4.69, 9.17) is 37.4 Å². The van der Waals surface area contributed by atoms with Gasteiger partial charge in [-0.3, -0.25) is 14.9 Å². The van der Waals surface area contributed by atoms with E-state index in [0.717, 1.165) is 0 Å². The fourth-order valence-corrected chi connectivity index (χ4v) is 3.34. The Hall–Kier alpha value is -4.15. The molecular weight excluding hydrogens is 513 g/mol. The molecular formula is C24H19Cl2N3O7. The Kier molecular flexibility index (Phi) is 9.20. The molecule has 3 aromatic carbocycles. The summed E-state index contributed by atoms with van der Waals surface area (Å²) in [6.07, 6.45) is 1.34. The van der Waals surface area contributed by atoms with Gasteiger partial charge >= 0.3 is 11.7 Å². The standard InChI is InChI=1S/C24H19Cl2N3O7/c1-2-34-22-11-15(7-10-21(22)36-24(31)17-9-8-16(25)12-18(17)26)13-27-28-23(30)14-35-20-6-4-3-5-19(20)29(32)33/h3-13H,2,14H2,1H3,(H,28,30)/b27-13+. The van der Waals surface area contributed by atoms with Crippen molar-refractivity contribution in [3.05, 3.63) is 92.0 Å². The molecule has 0 fully saturated rings. The minimum atomic E-state index is -0.690. The summed E-state index contributed by atoms with van der Waals surface area (Å²) in [7, 11) is 0. The molecule has 3 rings (SSSR count). The van der Waals surface area contributed by atoms with Crippen LogP contribution in [0.5, 0.6) is 17.2 Å². The Morgan fingerprint density at radius 3 is 2.53 bits per heavy atom. The molecule has 12 heteroatoms. The second kappa shape index (κ2) is 12.5. The molecule has 0 aliphatic heterocycles. The number of hydrogen-bond acceptors (Lipinski definition) is 8. The lowest BCUT2D eigenvalue weighted by molar-refractivity contribution is -0.385. The summed E-state index contributed by atoms with van der Waals surface area (Å²) < 4.78 is 16.2. The summed E-state index contributed by atoms with van der Waals surface area (Å²) in [4.78, 5) is 34.9. The van der Waals surface area contributed by atoms with Gasteiger partial charge in [0.25, 0.3) is 5.91 Å². The number of nitrogens with one attached hydrogen (secondary N) is 1. The lowest BCUT2D eigenvalue weighted by Gasteiger charge is -2.12. The predicted molar refractivity (Wildman–Crippen MR) is 133 cm³/mol. The maximum Gasteiger partial charge on any atom is 0.345 e. The second-order valence-electron chi connectivity index (χ2n) is 6.96. The zero-order valence-corrected chi connectivity index (χ0v) is 20.3. The van der Waals surface area contributed by atoms with Gasteiger partial charge in [0.1, 0.15) is 0 Å². The molecule has 0 atom stereocenters. The Labute approximate surface area is 215 Å². The number of hydrogen-bond donors (Lipinski definition) is 1. The van der Waals surface area contributed by atoms with Gasteiger partial charge in [-0.05, 0) is 55.0 Å². The first-order valence-corrected chi connectivity index (χ1v) is 11.2. The molecule has 0 saturated carbocycles. The Bertz CT molecular complexity index is 1310. The van der Waals surface area contributed by atoms with Crippen molar-refractivity contribution in [3.63, 3.8) is 0 Å². The highest BCUT2D eigenvalue weighted by atomic mass is 35.5. The molecule has 0 spiro atoms. The van der Waals surface area contributed by atoms with Crippen LogP contribution in [-0.2, 0) is 4.79 Å². The van der Waals surface area contributed by atoms with E-state index in [0.29, 0.717) is 17.2 Å². The van der Waals surface area contributed by atoms with Gasteiger partial charge < -0.3 is 14.2 Å². The predicted octanol–water partition coefficient (Wildman–Crippen LogP) is 5.05. The fraction of sp³-hybridized carbons (Fsp3) is 0.125. The number of carbonyl (C=O) groups is 2. The lowest BCUT2D eigenvalue weighted by Crippen LogP contribution is -2.24. The van der Waals surface area contributed by atoms with Crippen LogP contribution in [0.1, 0.15) is 22.8 Å². The molecule has 36 heavy (non-hydrogen) atoms. The number of ether oxygens (including phenoxy) is 3. The zero-order chi connectivity index (χ0) is 26.1. The Balaban J connectivity index is 1.62. The summed E-state index contributed by atoms with van der Waals surface area (Å²) in [6.45, 7) is 1.58. The average Bonchev–Trinajstić information content (AvgIpc) is 2.84. The molecule has 0 unspecified atom stereocenters. The van der Waals surface area contributed by atoms with Crippen LogP contribution < -0.4 is 19.6 Å². The number of esters is 1. The number of amides is 1. The molecule has 3 aromatic rings. The number of nitrogens with zero attached hydrogens (tertiary/aromatic N) is 2. The molecule has 0 aliphatic rings. The van der Waals surface area contributed by atoms with Crippen molar-refractivity contribution in [2.24, 2.45) is 5.10 Å². The van der Waals surface area contributed by atoms with Gasteiger partial charge in [0, 0.05) is 11.1 Å². The quantitative estimate of drug-likeness (QED) is 0.127. The van der Waals surface area contributed by atoms with Gasteiger partial charge in [-0.1, -0.05) is 35.3 Å². The fourth-order valence-electron chi connectivity index (χ4n) is 2.85. The van der Waals surface area contributed by atoms with Crippen molar-refractivity contribution in [2.75, 3.05) is 13.2 Å². The van der Waals surface area contributed by atoms with Crippen LogP contribution in [0.3, 0.4) is 0 Å². The van der Waals surface area contributed by atoms with Crippen molar-refractivity contribution >= 4 is 47.0 Å². The van der Waals surface area contributed by atoms with E-state index in [9.17, 15) is 19.7 Å². The van der Waals surface area contributed by atoms with Gasteiger partial charge in [0.2, 0.25) is 0 Å². The van der Waals surface area contributed by atoms with Crippen LogP contribution in [0.4, 0.5) is 5.69 Å². The summed E-state index contributed by atoms with van der Waals surface area (Å²) in [6, 6.07) is 14.8. The normalized spacial score (nSPS) is 10.6. The highest BCUT2D eigenvalue weighted by Gasteiger charge is 2.17. The SMILES string of the molecule is CCOc1cc(/C=N/NC(=O)COc2ccccc2[N+](=O)[O-])ccc1OC(=O)c1ccc(Cl)cc1Cl. The highest BCUT2D eigenvalue weighted by Crippen LogP contribution is 2.30. The first-order chi connectivity index (χ1) is 17.3. The third-order valence-electron chi connectivity index (χ3n) is 4.44. The third kappa shape index (κ3) is 7.17. The van der Waals surface area contributed by atoms with Crippen LogP contribution in [-0.4, -0.2) is 36.2 Å². The van der Waals surface area contributed by atoms with Crippen LogP contribution in [0.25, 0.3) is 0 Å². The van der Waals surface area contributed by atoms with Crippen molar-refractivity contribution < 1.29 is 28.7 Å². The largest absolute Gasteiger partial charge is 0.490 e. The van der Waals surface area contributed by atoms with Crippen molar-refractivity contribution in [3.8, 4) is 17.2 Å². The second-order valence-corrected chi connectivity index (χ2v) is 7.80. The molecule has 0 heterocycles. The lowest BCUT2D eigenvalue weighted by atomic mass is 10.2. The van der Waals surface area contributed by atoms with E-state index in [1.807, 2.05) is 0 Å². The number of benzene rings is 3. The maximum absolute atomic E-state index is 12.5. The summed E-state index contributed by atoms with van der Waals surface area (Å²) >= 11 is 11.9. The molecule has 0 saturated heterocycles. The minimum absolute atomic E-state index is 0.0343. The summed E-state index contributed by atoms with van der Waals surface area (Å²) in [5, 5.41) is 15.4. The molecule has 186 valence electrons. The monoisotopic (exact) mass is 531 g/mol.